The number of unbranched alkanes of at least 4 members (excludes halogenated alkanes) is 1. The summed E-state index contributed by atoms with van der Waals surface area (Å²) in [5.41, 5.74) is -0.240. The number of nitrogens with one attached hydrogen (secondary N) is 1. The van der Waals surface area contributed by atoms with E-state index in [1.54, 1.807) is 0 Å². The molecule has 0 aliphatic carbocycles. The molecule has 0 radical (unpaired) electrons. The standard InChI is InChI=1S/C12H23NO2/c1-5-7-9-12(3,4)13-11(14)15-10-8-6-2/h5,7H,6,8-10H2,1-4H3,(H,13,14)/b7-5+. The maximum Gasteiger partial charge on any atom is 0.407 e. The summed E-state index contributed by atoms with van der Waals surface area (Å²) in [4.78, 5) is 11.3. The Balaban J connectivity index is 3.82. The first kappa shape index (κ1) is 14.0. The van der Waals surface area contributed by atoms with E-state index in [4.69, 9.17) is 4.74 Å². The molecule has 88 valence electrons. The molecule has 3 heteroatoms. The molecule has 0 aliphatic rings. The molecule has 0 aromatic rings. The Hall–Kier alpha value is -0.990. The van der Waals surface area contributed by atoms with Crippen molar-refractivity contribution in [1.82, 2.24) is 5.32 Å². The van der Waals surface area contributed by atoms with Crippen molar-refractivity contribution in [3.05, 3.63) is 12.2 Å². The summed E-state index contributed by atoms with van der Waals surface area (Å²) in [6.45, 7) is 8.50. The summed E-state index contributed by atoms with van der Waals surface area (Å²) < 4.78 is 5.02. The van der Waals surface area contributed by atoms with Gasteiger partial charge in [0.15, 0.2) is 0 Å². The molecular formula is C12H23NO2. The molecule has 1 N–H and O–H groups in total. The smallest absolute Gasteiger partial charge is 0.407 e. The third-order valence-electron chi connectivity index (χ3n) is 2.04. The first-order chi connectivity index (χ1) is 7.02. The maximum absolute atomic E-state index is 11.3. The highest BCUT2D eigenvalue weighted by Gasteiger charge is 2.19. The van der Waals surface area contributed by atoms with Crippen molar-refractivity contribution in [2.75, 3.05) is 6.61 Å². The van der Waals surface area contributed by atoms with Crippen LogP contribution in [0.25, 0.3) is 0 Å². The Morgan fingerprint density at radius 3 is 2.67 bits per heavy atom. The highest BCUT2D eigenvalue weighted by atomic mass is 16.5. The first-order valence-electron chi connectivity index (χ1n) is 5.58. The lowest BCUT2D eigenvalue weighted by Gasteiger charge is -2.24. The van der Waals surface area contributed by atoms with E-state index in [0.29, 0.717) is 6.61 Å². The van der Waals surface area contributed by atoms with Gasteiger partial charge in [-0.1, -0.05) is 25.5 Å². The van der Waals surface area contributed by atoms with Gasteiger partial charge in [0.1, 0.15) is 0 Å². The minimum absolute atomic E-state index is 0.240. The third kappa shape index (κ3) is 8.03. The predicted molar refractivity (Wildman–Crippen MR) is 62.9 cm³/mol. The van der Waals surface area contributed by atoms with Gasteiger partial charge in [-0.25, -0.2) is 4.79 Å². The van der Waals surface area contributed by atoms with Gasteiger partial charge >= 0.3 is 6.09 Å². The Morgan fingerprint density at radius 2 is 2.13 bits per heavy atom. The minimum atomic E-state index is -0.321. The summed E-state index contributed by atoms with van der Waals surface area (Å²) in [7, 11) is 0. The molecule has 3 nitrogen and oxygen atoms in total. The summed E-state index contributed by atoms with van der Waals surface area (Å²) >= 11 is 0. The van der Waals surface area contributed by atoms with Gasteiger partial charge < -0.3 is 10.1 Å². The Labute approximate surface area is 92.9 Å². The average Bonchev–Trinajstić information content (AvgIpc) is 2.14. The van der Waals surface area contributed by atoms with Crippen LogP contribution in [-0.4, -0.2) is 18.2 Å². The molecule has 0 heterocycles. The topological polar surface area (TPSA) is 38.3 Å². The Bertz CT molecular complexity index is 210. The quantitative estimate of drug-likeness (QED) is 0.543. The van der Waals surface area contributed by atoms with Crippen molar-refractivity contribution < 1.29 is 9.53 Å². The van der Waals surface area contributed by atoms with Crippen LogP contribution in [-0.2, 0) is 4.74 Å². The summed E-state index contributed by atoms with van der Waals surface area (Å²) in [6.07, 6.45) is 6.46. The van der Waals surface area contributed by atoms with Gasteiger partial charge in [0, 0.05) is 5.54 Å². The monoisotopic (exact) mass is 213 g/mol. The van der Waals surface area contributed by atoms with E-state index in [1.807, 2.05) is 32.9 Å². The van der Waals surface area contributed by atoms with E-state index in [9.17, 15) is 4.79 Å². The van der Waals surface area contributed by atoms with Gasteiger partial charge in [0.05, 0.1) is 6.61 Å². The fraction of sp³-hybridized carbons (Fsp3) is 0.750. The lowest BCUT2D eigenvalue weighted by molar-refractivity contribution is 0.134. The number of ether oxygens (including phenoxy) is 1. The van der Waals surface area contributed by atoms with E-state index in [1.165, 1.54) is 0 Å². The fourth-order valence-electron chi connectivity index (χ4n) is 1.09. The molecule has 15 heavy (non-hydrogen) atoms. The lowest BCUT2D eigenvalue weighted by Crippen LogP contribution is -2.43. The molecule has 0 atom stereocenters. The SMILES string of the molecule is C/C=C/CC(C)(C)NC(=O)OCCCC. The molecule has 0 aromatic carbocycles. The highest BCUT2D eigenvalue weighted by molar-refractivity contribution is 5.68. The molecule has 0 unspecified atom stereocenters. The van der Waals surface area contributed by atoms with Crippen LogP contribution in [0.5, 0.6) is 0 Å². The number of rotatable bonds is 6. The number of carbonyl (C=O) groups excluding carboxylic acids is 1. The summed E-state index contributed by atoms with van der Waals surface area (Å²) in [5.74, 6) is 0. The van der Waals surface area contributed by atoms with Crippen molar-refractivity contribution in [2.24, 2.45) is 0 Å². The van der Waals surface area contributed by atoms with Crippen molar-refractivity contribution in [1.29, 1.82) is 0 Å². The van der Waals surface area contributed by atoms with Crippen molar-refractivity contribution in [3.63, 3.8) is 0 Å². The minimum Gasteiger partial charge on any atom is -0.450 e. The molecule has 1 amide bonds. The van der Waals surface area contributed by atoms with Crippen LogP contribution in [0, 0.1) is 0 Å². The second-order valence-corrected chi connectivity index (χ2v) is 4.27. The molecule has 0 aliphatic heterocycles. The largest absolute Gasteiger partial charge is 0.450 e. The van der Waals surface area contributed by atoms with Gasteiger partial charge in [0.2, 0.25) is 0 Å². The van der Waals surface area contributed by atoms with Crippen LogP contribution in [0.2, 0.25) is 0 Å². The van der Waals surface area contributed by atoms with Crippen LogP contribution in [0.4, 0.5) is 4.79 Å². The first-order valence-corrected chi connectivity index (χ1v) is 5.58. The number of alkyl carbamates (subject to hydrolysis) is 1. The number of hydrogen-bond donors (Lipinski definition) is 1. The summed E-state index contributed by atoms with van der Waals surface area (Å²) in [6, 6.07) is 0. The molecule has 0 fully saturated rings. The maximum atomic E-state index is 11.3. The molecule has 0 saturated carbocycles. The molecule has 0 aromatic heterocycles. The second-order valence-electron chi connectivity index (χ2n) is 4.27. The Kier molecular flexibility index (Phi) is 6.84. The van der Waals surface area contributed by atoms with Crippen LogP contribution in [0.1, 0.15) is 47.0 Å². The van der Waals surface area contributed by atoms with Crippen molar-refractivity contribution in [3.8, 4) is 0 Å². The normalized spacial score (nSPS) is 11.7. The summed E-state index contributed by atoms with van der Waals surface area (Å²) in [5, 5.41) is 2.84. The van der Waals surface area contributed by atoms with Gasteiger partial charge in [0.25, 0.3) is 0 Å². The van der Waals surface area contributed by atoms with Gasteiger partial charge in [-0.2, -0.15) is 0 Å². The molecule has 0 bridgehead atoms. The van der Waals surface area contributed by atoms with Gasteiger partial charge in [-0.15, -0.1) is 0 Å². The number of hydrogen-bond acceptors (Lipinski definition) is 2. The fourth-order valence-corrected chi connectivity index (χ4v) is 1.09. The van der Waals surface area contributed by atoms with Crippen LogP contribution < -0.4 is 5.32 Å². The number of amides is 1. The lowest BCUT2D eigenvalue weighted by atomic mass is 10.0. The number of allylic oxidation sites excluding steroid dienone is 1. The van der Waals surface area contributed by atoms with E-state index >= 15 is 0 Å². The zero-order valence-electron chi connectivity index (χ0n) is 10.3. The van der Waals surface area contributed by atoms with Gasteiger partial charge in [-0.05, 0) is 33.6 Å². The molecular weight excluding hydrogens is 190 g/mol. The predicted octanol–water partition coefficient (Wildman–Crippen LogP) is 3.26. The second kappa shape index (κ2) is 7.32. The molecule has 0 rings (SSSR count). The van der Waals surface area contributed by atoms with Crippen molar-refractivity contribution >= 4 is 6.09 Å². The highest BCUT2D eigenvalue weighted by Crippen LogP contribution is 2.09. The van der Waals surface area contributed by atoms with Crippen LogP contribution in [0.3, 0.4) is 0 Å². The zero-order chi connectivity index (χ0) is 11.7. The third-order valence-corrected chi connectivity index (χ3v) is 2.04. The number of carbonyl (C=O) groups is 1. The zero-order valence-corrected chi connectivity index (χ0v) is 10.3. The Morgan fingerprint density at radius 1 is 1.47 bits per heavy atom. The molecule has 0 saturated heterocycles. The van der Waals surface area contributed by atoms with E-state index in [-0.39, 0.29) is 11.6 Å². The van der Waals surface area contributed by atoms with E-state index in [2.05, 4.69) is 12.2 Å². The van der Waals surface area contributed by atoms with E-state index in [0.717, 1.165) is 19.3 Å². The average molecular weight is 213 g/mol. The van der Waals surface area contributed by atoms with Crippen LogP contribution in [0.15, 0.2) is 12.2 Å². The van der Waals surface area contributed by atoms with Crippen molar-refractivity contribution in [2.45, 2.75) is 52.5 Å². The van der Waals surface area contributed by atoms with Crippen LogP contribution >= 0.6 is 0 Å². The van der Waals surface area contributed by atoms with Gasteiger partial charge in [-0.3, -0.25) is 0 Å². The molecule has 0 spiro atoms. The van der Waals surface area contributed by atoms with E-state index < -0.39 is 0 Å².